The average molecular weight is 440 g/mol. The van der Waals surface area contributed by atoms with E-state index in [1.54, 1.807) is 17.9 Å². The average Bonchev–Trinajstić information content (AvgIpc) is 2.68. The molecule has 29 heavy (non-hydrogen) atoms. The van der Waals surface area contributed by atoms with Crippen LogP contribution in [-0.4, -0.2) is 40.7 Å². The summed E-state index contributed by atoms with van der Waals surface area (Å²) in [5.41, 5.74) is 0.856. The Morgan fingerprint density at radius 1 is 1.00 bits per heavy atom. The second kappa shape index (κ2) is 9.04. The van der Waals surface area contributed by atoms with E-state index in [9.17, 15) is 21.6 Å². The van der Waals surface area contributed by atoms with E-state index in [0.717, 1.165) is 0 Å². The van der Waals surface area contributed by atoms with E-state index >= 15 is 0 Å². The summed E-state index contributed by atoms with van der Waals surface area (Å²) in [7, 11) is -7.78. The molecule has 0 fully saturated rings. The molecule has 158 valence electrons. The highest BCUT2D eigenvalue weighted by molar-refractivity contribution is 7.89. The molecule has 0 spiro atoms. The zero-order valence-corrected chi connectivity index (χ0v) is 18.1. The lowest BCUT2D eigenvalue weighted by Gasteiger charge is -2.19. The van der Waals surface area contributed by atoms with Crippen LogP contribution < -0.4 is 9.86 Å². The van der Waals surface area contributed by atoms with Gasteiger partial charge in [-0.3, -0.25) is 4.79 Å². The molecule has 0 radical (unpaired) electrons. The van der Waals surface area contributed by atoms with E-state index < -0.39 is 26.1 Å². The summed E-state index contributed by atoms with van der Waals surface area (Å²) in [6.45, 7) is 6.46. The number of hydrogen-bond donors (Lipinski definition) is 2. The van der Waals surface area contributed by atoms with Gasteiger partial charge in [0.05, 0.1) is 9.79 Å². The Balaban J connectivity index is 2.22. The van der Waals surface area contributed by atoms with Crippen LogP contribution in [-0.2, 0) is 20.0 Å². The van der Waals surface area contributed by atoms with Crippen LogP contribution in [0.15, 0.2) is 58.3 Å². The number of primary sulfonamides is 1. The summed E-state index contributed by atoms with van der Waals surface area (Å²) in [6, 6.07) is 10.8. The fraction of sp³-hybridized carbons (Fsp3) is 0.316. The van der Waals surface area contributed by atoms with E-state index in [2.05, 4.69) is 4.72 Å². The third kappa shape index (κ3) is 5.63. The van der Waals surface area contributed by atoms with Gasteiger partial charge in [-0.05, 0) is 62.7 Å². The summed E-state index contributed by atoms with van der Waals surface area (Å²) in [4.78, 5) is 13.9. The monoisotopic (exact) mass is 439 g/mol. The molecule has 2 rings (SSSR count). The summed E-state index contributed by atoms with van der Waals surface area (Å²) < 4.78 is 50.9. The topological polar surface area (TPSA) is 127 Å². The Kier molecular flexibility index (Phi) is 7.17. The number of nitrogens with zero attached hydrogens (tertiary/aromatic N) is 1. The SMILES string of the molecule is CCN(CC)C(=O)c1ccc(S(=O)(=O)NC(C)c2cccc(S(N)(=O)=O)c2)cc1. The highest BCUT2D eigenvalue weighted by Crippen LogP contribution is 2.20. The van der Waals surface area contributed by atoms with Gasteiger partial charge < -0.3 is 4.90 Å². The van der Waals surface area contributed by atoms with Crippen LogP contribution in [0.25, 0.3) is 0 Å². The van der Waals surface area contributed by atoms with Crippen LogP contribution in [0.4, 0.5) is 0 Å². The molecule has 0 saturated heterocycles. The maximum absolute atomic E-state index is 12.7. The molecular weight excluding hydrogens is 414 g/mol. The number of nitrogens with one attached hydrogen (secondary N) is 1. The minimum Gasteiger partial charge on any atom is -0.339 e. The molecule has 1 atom stereocenters. The molecular formula is C19H25N3O5S2. The number of benzene rings is 2. The predicted octanol–water partition coefficient (Wildman–Crippen LogP) is 1.86. The Bertz CT molecular complexity index is 1080. The van der Waals surface area contributed by atoms with Crippen molar-refractivity contribution in [3.8, 4) is 0 Å². The first-order valence-electron chi connectivity index (χ1n) is 9.04. The van der Waals surface area contributed by atoms with Gasteiger partial charge in [0, 0.05) is 24.7 Å². The maximum Gasteiger partial charge on any atom is 0.253 e. The van der Waals surface area contributed by atoms with Crippen molar-refractivity contribution in [2.45, 2.75) is 36.6 Å². The second-order valence-electron chi connectivity index (χ2n) is 6.46. The predicted molar refractivity (Wildman–Crippen MR) is 110 cm³/mol. The van der Waals surface area contributed by atoms with E-state index in [1.165, 1.54) is 42.5 Å². The van der Waals surface area contributed by atoms with Crippen molar-refractivity contribution in [1.29, 1.82) is 0 Å². The quantitative estimate of drug-likeness (QED) is 0.649. The minimum atomic E-state index is -3.89. The van der Waals surface area contributed by atoms with Crippen LogP contribution >= 0.6 is 0 Å². The van der Waals surface area contributed by atoms with Crippen molar-refractivity contribution in [2.24, 2.45) is 5.14 Å². The Hall–Kier alpha value is -2.27. The van der Waals surface area contributed by atoms with Crippen LogP contribution in [0.1, 0.15) is 42.7 Å². The lowest BCUT2D eigenvalue weighted by atomic mass is 10.1. The zero-order valence-electron chi connectivity index (χ0n) is 16.5. The van der Waals surface area contributed by atoms with E-state index in [4.69, 9.17) is 5.14 Å². The molecule has 2 aromatic carbocycles. The summed E-state index contributed by atoms with van der Waals surface area (Å²) in [5, 5.41) is 5.13. The minimum absolute atomic E-state index is 0.00282. The van der Waals surface area contributed by atoms with E-state index in [1.807, 2.05) is 13.8 Å². The highest BCUT2D eigenvalue weighted by Gasteiger charge is 2.21. The standard InChI is InChI=1S/C19H25N3O5S2/c1-4-22(5-2)19(23)15-9-11-17(12-10-15)29(26,27)21-14(3)16-7-6-8-18(13-16)28(20,24)25/h6-14,21H,4-5H2,1-3H3,(H2,20,24,25). The van der Waals surface area contributed by atoms with Gasteiger partial charge in [0.1, 0.15) is 0 Å². The van der Waals surface area contributed by atoms with Gasteiger partial charge in [0.25, 0.3) is 5.91 Å². The molecule has 0 aromatic heterocycles. The normalized spacial score (nSPS) is 13.1. The van der Waals surface area contributed by atoms with Crippen molar-refractivity contribution in [1.82, 2.24) is 9.62 Å². The molecule has 0 heterocycles. The fourth-order valence-electron chi connectivity index (χ4n) is 2.80. The van der Waals surface area contributed by atoms with Crippen LogP contribution in [0.3, 0.4) is 0 Å². The molecule has 0 aliphatic carbocycles. The van der Waals surface area contributed by atoms with Gasteiger partial charge in [0.15, 0.2) is 0 Å². The molecule has 8 nitrogen and oxygen atoms in total. The van der Waals surface area contributed by atoms with Gasteiger partial charge in [0.2, 0.25) is 20.0 Å². The van der Waals surface area contributed by atoms with Crippen molar-refractivity contribution in [3.05, 3.63) is 59.7 Å². The summed E-state index contributed by atoms with van der Waals surface area (Å²) in [6.07, 6.45) is 0. The van der Waals surface area contributed by atoms with Gasteiger partial charge in [-0.15, -0.1) is 0 Å². The van der Waals surface area contributed by atoms with Gasteiger partial charge in [-0.25, -0.2) is 26.7 Å². The summed E-state index contributed by atoms with van der Waals surface area (Å²) in [5.74, 6) is -0.167. The molecule has 0 bridgehead atoms. The van der Waals surface area contributed by atoms with Crippen molar-refractivity contribution in [2.75, 3.05) is 13.1 Å². The van der Waals surface area contributed by atoms with Crippen LogP contribution in [0.5, 0.6) is 0 Å². The first-order chi connectivity index (χ1) is 13.5. The Morgan fingerprint density at radius 3 is 2.10 bits per heavy atom. The van der Waals surface area contributed by atoms with Crippen molar-refractivity contribution < 1.29 is 21.6 Å². The van der Waals surface area contributed by atoms with Gasteiger partial charge in [-0.2, -0.15) is 0 Å². The molecule has 1 unspecified atom stereocenters. The van der Waals surface area contributed by atoms with Gasteiger partial charge >= 0.3 is 0 Å². The van der Waals surface area contributed by atoms with E-state index in [0.29, 0.717) is 24.2 Å². The number of nitrogens with two attached hydrogens (primary N) is 1. The smallest absolute Gasteiger partial charge is 0.253 e. The number of rotatable bonds is 8. The number of carbonyl (C=O) groups is 1. The van der Waals surface area contributed by atoms with Crippen LogP contribution in [0.2, 0.25) is 0 Å². The van der Waals surface area contributed by atoms with Crippen molar-refractivity contribution >= 4 is 26.0 Å². The zero-order chi connectivity index (χ0) is 21.8. The lowest BCUT2D eigenvalue weighted by Crippen LogP contribution is -2.30. The molecule has 0 aliphatic rings. The Labute approximate surface area is 171 Å². The molecule has 0 aliphatic heterocycles. The second-order valence-corrected chi connectivity index (χ2v) is 9.74. The first-order valence-corrected chi connectivity index (χ1v) is 12.1. The number of carbonyl (C=O) groups excluding carboxylic acids is 1. The maximum atomic E-state index is 12.7. The molecule has 3 N–H and O–H groups in total. The van der Waals surface area contributed by atoms with Crippen molar-refractivity contribution in [3.63, 3.8) is 0 Å². The number of amides is 1. The fourth-order valence-corrected chi connectivity index (χ4v) is 4.60. The lowest BCUT2D eigenvalue weighted by molar-refractivity contribution is 0.0773. The highest BCUT2D eigenvalue weighted by atomic mass is 32.2. The van der Waals surface area contributed by atoms with Crippen LogP contribution in [0, 0.1) is 0 Å². The summed E-state index contributed by atoms with van der Waals surface area (Å²) >= 11 is 0. The van der Waals surface area contributed by atoms with Gasteiger partial charge in [-0.1, -0.05) is 12.1 Å². The molecule has 10 heteroatoms. The number of hydrogen-bond acceptors (Lipinski definition) is 5. The molecule has 0 saturated carbocycles. The van der Waals surface area contributed by atoms with E-state index in [-0.39, 0.29) is 15.7 Å². The third-order valence-corrected chi connectivity index (χ3v) is 6.95. The third-order valence-electron chi connectivity index (χ3n) is 4.48. The number of sulfonamides is 2. The largest absolute Gasteiger partial charge is 0.339 e. The first kappa shape index (κ1) is 23.0. The molecule has 2 aromatic rings. The Morgan fingerprint density at radius 2 is 1.59 bits per heavy atom. The molecule has 1 amide bonds.